The lowest BCUT2D eigenvalue weighted by molar-refractivity contribution is -0.123. The number of rotatable bonds is 6. The first-order valence-corrected chi connectivity index (χ1v) is 9.91. The van der Waals surface area contributed by atoms with Crippen molar-refractivity contribution in [2.75, 3.05) is 5.32 Å². The standard InChI is InChI=1S/C23H24N4O2/c28-22(16-27-13-5-12-25-27)26-19-9-3-6-17(14-19)15-24-23(29)21-11-4-8-18-7-1-2-10-20(18)21/h1-3,5-7,9-10,12-14,21H,4,8,11,15-16H2,(H,24,29)(H,26,28). The van der Waals surface area contributed by atoms with Crippen LogP contribution in [0.25, 0.3) is 0 Å². The third kappa shape index (κ3) is 4.71. The van der Waals surface area contributed by atoms with E-state index in [1.165, 1.54) is 5.56 Å². The highest BCUT2D eigenvalue weighted by Gasteiger charge is 2.25. The van der Waals surface area contributed by atoms with Crippen LogP contribution in [0.3, 0.4) is 0 Å². The van der Waals surface area contributed by atoms with Gasteiger partial charge in [-0.15, -0.1) is 0 Å². The minimum absolute atomic E-state index is 0.0604. The molecule has 2 aromatic carbocycles. The Morgan fingerprint density at radius 1 is 1.10 bits per heavy atom. The maximum Gasteiger partial charge on any atom is 0.246 e. The minimum atomic E-state index is -0.145. The van der Waals surface area contributed by atoms with Crippen molar-refractivity contribution < 1.29 is 9.59 Å². The third-order valence-corrected chi connectivity index (χ3v) is 5.23. The summed E-state index contributed by atoms with van der Waals surface area (Å²) in [4.78, 5) is 24.9. The zero-order valence-corrected chi connectivity index (χ0v) is 16.2. The highest BCUT2D eigenvalue weighted by Crippen LogP contribution is 2.31. The van der Waals surface area contributed by atoms with E-state index in [1.807, 2.05) is 36.4 Å². The molecule has 2 amide bonds. The quantitative estimate of drug-likeness (QED) is 0.681. The lowest BCUT2D eigenvalue weighted by atomic mass is 9.82. The topological polar surface area (TPSA) is 76.0 Å². The normalized spacial score (nSPS) is 15.4. The van der Waals surface area contributed by atoms with E-state index in [0.29, 0.717) is 12.2 Å². The summed E-state index contributed by atoms with van der Waals surface area (Å²) in [5.74, 6) is -0.170. The van der Waals surface area contributed by atoms with Gasteiger partial charge < -0.3 is 10.6 Å². The number of amides is 2. The van der Waals surface area contributed by atoms with Gasteiger partial charge in [0.05, 0.1) is 5.92 Å². The highest BCUT2D eigenvalue weighted by molar-refractivity contribution is 5.90. The van der Waals surface area contributed by atoms with Gasteiger partial charge in [0.1, 0.15) is 6.54 Å². The molecule has 1 aliphatic carbocycles. The van der Waals surface area contributed by atoms with Crippen LogP contribution in [-0.4, -0.2) is 21.6 Å². The molecule has 1 heterocycles. The average molecular weight is 388 g/mol. The molecule has 0 fully saturated rings. The van der Waals surface area contributed by atoms with Gasteiger partial charge in [0.15, 0.2) is 0 Å². The molecule has 0 aliphatic heterocycles. The highest BCUT2D eigenvalue weighted by atomic mass is 16.2. The maximum atomic E-state index is 12.8. The van der Waals surface area contributed by atoms with Gasteiger partial charge in [0, 0.05) is 24.6 Å². The van der Waals surface area contributed by atoms with Gasteiger partial charge in [-0.3, -0.25) is 14.3 Å². The number of hydrogen-bond donors (Lipinski definition) is 2. The number of nitrogens with one attached hydrogen (secondary N) is 2. The summed E-state index contributed by atoms with van der Waals surface area (Å²) in [5, 5.41) is 9.97. The zero-order chi connectivity index (χ0) is 20.1. The first-order valence-electron chi connectivity index (χ1n) is 9.91. The van der Waals surface area contributed by atoms with Crippen LogP contribution in [0.4, 0.5) is 5.69 Å². The molecular weight excluding hydrogens is 364 g/mol. The molecule has 0 bridgehead atoms. The van der Waals surface area contributed by atoms with Crippen LogP contribution in [-0.2, 0) is 29.1 Å². The van der Waals surface area contributed by atoms with Crippen LogP contribution in [0.15, 0.2) is 67.0 Å². The van der Waals surface area contributed by atoms with E-state index < -0.39 is 0 Å². The Bertz CT molecular complexity index is 998. The van der Waals surface area contributed by atoms with E-state index in [-0.39, 0.29) is 24.3 Å². The van der Waals surface area contributed by atoms with Gasteiger partial charge in [-0.25, -0.2) is 0 Å². The number of aromatic nitrogens is 2. The third-order valence-electron chi connectivity index (χ3n) is 5.23. The summed E-state index contributed by atoms with van der Waals surface area (Å²) in [5.41, 5.74) is 4.08. The second kappa shape index (κ2) is 8.73. The molecule has 6 heteroatoms. The lowest BCUT2D eigenvalue weighted by Gasteiger charge is -2.24. The van der Waals surface area contributed by atoms with Gasteiger partial charge in [0.25, 0.3) is 0 Å². The van der Waals surface area contributed by atoms with Crippen LogP contribution in [0.1, 0.15) is 35.4 Å². The van der Waals surface area contributed by atoms with E-state index in [0.717, 1.165) is 30.4 Å². The number of hydrogen-bond acceptors (Lipinski definition) is 3. The smallest absolute Gasteiger partial charge is 0.246 e. The molecule has 0 saturated carbocycles. The molecule has 1 aromatic heterocycles. The molecular formula is C23H24N4O2. The Balaban J connectivity index is 1.35. The fourth-order valence-corrected chi connectivity index (χ4v) is 3.84. The summed E-state index contributed by atoms with van der Waals surface area (Å²) >= 11 is 0. The number of fused-ring (bicyclic) bond motifs is 1. The second-order valence-corrected chi connectivity index (χ2v) is 7.31. The predicted octanol–water partition coefficient (Wildman–Crippen LogP) is 3.26. The van der Waals surface area contributed by atoms with Crippen LogP contribution in [0.2, 0.25) is 0 Å². The van der Waals surface area contributed by atoms with Crippen molar-refractivity contribution in [1.29, 1.82) is 0 Å². The van der Waals surface area contributed by atoms with Crippen molar-refractivity contribution in [2.45, 2.75) is 38.3 Å². The molecule has 1 unspecified atom stereocenters. The average Bonchev–Trinajstić information content (AvgIpc) is 3.24. The van der Waals surface area contributed by atoms with Gasteiger partial charge in [-0.05, 0) is 54.2 Å². The molecule has 148 valence electrons. The molecule has 3 aromatic rings. The van der Waals surface area contributed by atoms with Crippen molar-refractivity contribution >= 4 is 17.5 Å². The predicted molar refractivity (Wildman–Crippen MR) is 111 cm³/mol. The first-order chi connectivity index (χ1) is 14.2. The Morgan fingerprint density at radius 2 is 2.00 bits per heavy atom. The van der Waals surface area contributed by atoms with Crippen molar-refractivity contribution in [3.8, 4) is 0 Å². The molecule has 1 atom stereocenters. The molecule has 0 spiro atoms. The lowest BCUT2D eigenvalue weighted by Crippen LogP contribution is -2.31. The largest absolute Gasteiger partial charge is 0.351 e. The Hall–Kier alpha value is -3.41. The fraction of sp³-hybridized carbons (Fsp3) is 0.261. The number of nitrogens with zero attached hydrogens (tertiary/aromatic N) is 2. The Morgan fingerprint density at radius 3 is 2.86 bits per heavy atom. The minimum Gasteiger partial charge on any atom is -0.351 e. The van der Waals surface area contributed by atoms with Crippen molar-refractivity contribution in [3.63, 3.8) is 0 Å². The monoisotopic (exact) mass is 388 g/mol. The van der Waals surface area contributed by atoms with Gasteiger partial charge in [-0.1, -0.05) is 36.4 Å². The van der Waals surface area contributed by atoms with Crippen LogP contribution >= 0.6 is 0 Å². The number of aryl methyl sites for hydroxylation is 1. The van der Waals surface area contributed by atoms with Crippen LogP contribution in [0, 0.1) is 0 Å². The van der Waals surface area contributed by atoms with Crippen molar-refractivity contribution in [2.24, 2.45) is 0 Å². The summed E-state index contributed by atoms with van der Waals surface area (Å²) in [6.07, 6.45) is 6.34. The first kappa shape index (κ1) is 18.9. The number of benzene rings is 2. The fourth-order valence-electron chi connectivity index (χ4n) is 3.84. The summed E-state index contributed by atoms with van der Waals surface area (Å²) in [6, 6.07) is 17.5. The maximum absolute atomic E-state index is 12.8. The van der Waals surface area contributed by atoms with Gasteiger partial charge in [0.2, 0.25) is 11.8 Å². The van der Waals surface area contributed by atoms with E-state index >= 15 is 0 Å². The van der Waals surface area contributed by atoms with E-state index in [2.05, 4.69) is 27.9 Å². The zero-order valence-electron chi connectivity index (χ0n) is 16.2. The summed E-state index contributed by atoms with van der Waals surface area (Å²) in [7, 11) is 0. The molecule has 0 saturated heterocycles. The number of carbonyl (C=O) groups is 2. The van der Waals surface area contributed by atoms with E-state index in [4.69, 9.17) is 0 Å². The molecule has 1 aliphatic rings. The van der Waals surface area contributed by atoms with Crippen LogP contribution < -0.4 is 10.6 Å². The second-order valence-electron chi connectivity index (χ2n) is 7.31. The Kier molecular flexibility index (Phi) is 5.70. The molecule has 29 heavy (non-hydrogen) atoms. The summed E-state index contributed by atoms with van der Waals surface area (Å²) in [6.45, 7) is 0.593. The van der Waals surface area contributed by atoms with Crippen molar-refractivity contribution in [3.05, 3.63) is 83.7 Å². The molecule has 6 nitrogen and oxygen atoms in total. The molecule has 0 radical (unpaired) electrons. The van der Waals surface area contributed by atoms with E-state index in [9.17, 15) is 9.59 Å². The number of carbonyl (C=O) groups excluding carboxylic acids is 2. The van der Waals surface area contributed by atoms with Crippen molar-refractivity contribution in [1.82, 2.24) is 15.1 Å². The summed E-state index contributed by atoms with van der Waals surface area (Å²) < 4.78 is 1.57. The van der Waals surface area contributed by atoms with E-state index in [1.54, 1.807) is 23.1 Å². The molecule has 2 N–H and O–H groups in total. The Labute approximate surface area is 169 Å². The van der Waals surface area contributed by atoms with Gasteiger partial charge in [-0.2, -0.15) is 5.10 Å². The molecule has 4 rings (SSSR count). The SMILES string of the molecule is O=C(Cn1cccn1)Nc1cccc(CNC(=O)C2CCCc3ccccc32)c1. The number of anilines is 1. The van der Waals surface area contributed by atoms with Crippen LogP contribution in [0.5, 0.6) is 0 Å². The van der Waals surface area contributed by atoms with Gasteiger partial charge >= 0.3 is 0 Å².